The Hall–Kier alpha value is -4.44. The molecule has 1 aromatic heterocycles. The van der Waals surface area contributed by atoms with Crippen molar-refractivity contribution < 1.29 is 18.0 Å². The number of primary amides is 1. The van der Waals surface area contributed by atoms with Crippen molar-refractivity contribution in [3.63, 3.8) is 0 Å². The summed E-state index contributed by atoms with van der Waals surface area (Å²) in [5.74, 6) is -0.429. The Balaban J connectivity index is 1.31. The van der Waals surface area contributed by atoms with E-state index in [0.29, 0.717) is 12.8 Å². The number of aromatic nitrogens is 2. The number of rotatable bonds is 10. The van der Waals surface area contributed by atoms with Gasteiger partial charge in [-0.05, 0) is 67.6 Å². The average molecular weight is 546 g/mol. The lowest BCUT2D eigenvalue weighted by Crippen LogP contribution is -2.40. The van der Waals surface area contributed by atoms with Crippen LogP contribution in [-0.4, -0.2) is 36.7 Å². The Morgan fingerprint density at radius 1 is 0.872 bits per heavy atom. The van der Waals surface area contributed by atoms with Gasteiger partial charge in [0.15, 0.2) is 0 Å². The van der Waals surface area contributed by atoms with Gasteiger partial charge < -0.3 is 11.1 Å². The van der Waals surface area contributed by atoms with Gasteiger partial charge in [0.1, 0.15) is 0 Å². The molecule has 0 aliphatic heterocycles. The molecule has 0 unspecified atom stereocenters. The quantitative estimate of drug-likeness (QED) is 0.278. The summed E-state index contributed by atoms with van der Waals surface area (Å²) < 4.78 is 29.0. The molecule has 4 aromatic rings. The topological polar surface area (TPSA) is 136 Å². The predicted molar refractivity (Wildman–Crippen MR) is 150 cm³/mol. The van der Waals surface area contributed by atoms with Gasteiger partial charge in [0.25, 0.3) is 10.0 Å². The molecule has 10 heteroatoms. The lowest BCUT2D eigenvalue weighted by molar-refractivity contribution is -0.117. The second kappa shape index (κ2) is 12.0. The van der Waals surface area contributed by atoms with Crippen molar-refractivity contribution in [3.05, 3.63) is 101 Å². The van der Waals surface area contributed by atoms with Gasteiger partial charge >= 0.3 is 6.03 Å². The average Bonchev–Trinajstić information content (AvgIpc) is 3.21. The first-order valence-corrected chi connectivity index (χ1v) is 14.0. The number of aryl methyl sites for hydroxylation is 2. The second-order valence-electron chi connectivity index (χ2n) is 9.21. The summed E-state index contributed by atoms with van der Waals surface area (Å²) >= 11 is 0. The molecule has 4 N–H and O–H groups in total. The number of hydrogen-bond acceptors (Lipinski definition) is 5. The van der Waals surface area contributed by atoms with Crippen LogP contribution in [0.3, 0.4) is 0 Å². The van der Waals surface area contributed by atoms with Gasteiger partial charge in [0, 0.05) is 24.2 Å². The van der Waals surface area contributed by atoms with Gasteiger partial charge in [-0.1, -0.05) is 54.6 Å². The smallest absolute Gasteiger partial charge is 0.328 e. The minimum absolute atomic E-state index is 0.0457. The molecule has 0 saturated heterocycles. The number of urea groups is 1. The van der Waals surface area contributed by atoms with Gasteiger partial charge in [-0.25, -0.2) is 22.6 Å². The van der Waals surface area contributed by atoms with Crippen LogP contribution in [0.25, 0.3) is 16.8 Å². The van der Waals surface area contributed by atoms with Crippen LogP contribution in [-0.2, 0) is 27.7 Å². The van der Waals surface area contributed by atoms with E-state index in [2.05, 4.69) is 17.4 Å². The molecule has 0 spiro atoms. The van der Waals surface area contributed by atoms with E-state index in [1.165, 1.54) is 12.1 Å². The molecule has 1 heterocycles. The number of carbonyl (C=O) groups is 2. The first-order chi connectivity index (χ1) is 18.6. The van der Waals surface area contributed by atoms with Crippen molar-refractivity contribution in [2.75, 3.05) is 6.54 Å². The normalized spacial score (nSPS) is 11.2. The number of amides is 3. The summed E-state index contributed by atoms with van der Waals surface area (Å²) in [5, 5.41) is 7.32. The molecule has 3 amide bonds. The van der Waals surface area contributed by atoms with Crippen molar-refractivity contribution in [2.45, 2.75) is 38.0 Å². The Kier molecular flexibility index (Phi) is 8.46. The number of nitrogens with zero attached hydrogens (tertiary/aromatic N) is 2. The lowest BCUT2D eigenvalue weighted by Gasteiger charge is -2.10. The molecule has 0 saturated carbocycles. The number of sulfonamides is 1. The monoisotopic (exact) mass is 545 g/mol. The molecule has 39 heavy (non-hydrogen) atoms. The van der Waals surface area contributed by atoms with Crippen LogP contribution in [0.2, 0.25) is 0 Å². The van der Waals surface area contributed by atoms with Crippen LogP contribution in [0.15, 0.2) is 83.8 Å². The van der Waals surface area contributed by atoms with Gasteiger partial charge in [-0.15, -0.1) is 0 Å². The first-order valence-electron chi connectivity index (χ1n) is 12.5. The standard InChI is InChI=1S/C29H31N5O4S/c1-20-28(24-6-4-3-5-7-24)21(2)34(32-20)25-13-8-23(9-14-25)18-19-31-29(36)33-39(37,38)26-15-10-22(11-16-26)12-17-27(30)35/h3-11,13-16H,12,17-19H2,1-2H3,(H2,30,35)(H2,31,33,36). The van der Waals surface area contributed by atoms with Crippen molar-refractivity contribution in [1.82, 2.24) is 19.8 Å². The summed E-state index contributed by atoms with van der Waals surface area (Å²) in [6.07, 6.45) is 1.11. The van der Waals surface area contributed by atoms with Crippen LogP contribution in [0.4, 0.5) is 4.79 Å². The predicted octanol–water partition coefficient (Wildman–Crippen LogP) is 3.80. The van der Waals surface area contributed by atoms with Gasteiger partial charge in [-0.2, -0.15) is 5.10 Å². The van der Waals surface area contributed by atoms with Crippen molar-refractivity contribution in [2.24, 2.45) is 5.73 Å². The number of hydrogen-bond donors (Lipinski definition) is 3. The molecule has 0 aliphatic rings. The molecule has 4 rings (SSSR count). The van der Waals surface area contributed by atoms with Crippen molar-refractivity contribution in [1.29, 1.82) is 0 Å². The molecule has 3 aromatic carbocycles. The van der Waals surface area contributed by atoms with E-state index in [1.807, 2.05) is 65.7 Å². The summed E-state index contributed by atoms with van der Waals surface area (Å²) in [6, 6.07) is 23.2. The van der Waals surface area contributed by atoms with E-state index >= 15 is 0 Å². The number of benzene rings is 3. The van der Waals surface area contributed by atoms with Gasteiger partial charge in [0.05, 0.1) is 16.3 Å². The van der Waals surface area contributed by atoms with Gasteiger partial charge in [-0.3, -0.25) is 4.79 Å². The first kappa shape index (κ1) is 27.6. The fourth-order valence-electron chi connectivity index (χ4n) is 4.36. The third kappa shape index (κ3) is 6.91. The van der Waals surface area contributed by atoms with E-state index in [9.17, 15) is 18.0 Å². The van der Waals surface area contributed by atoms with Crippen molar-refractivity contribution >= 4 is 22.0 Å². The van der Waals surface area contributed by atoms with Crippen molar-refractivity contribution in [3.8, 4) is 16.8 Å². The fraction of sp³-hybridized carbons (Fsp3) is 0.207. The van der Waals surface area contributed by atoms with Crippen LogP contribution in [0, 0.1) is 13.8 Å². The van der Waals surface area contributed by atoms with E-state index in [1.54, 1.807) is 12.1 Å². The number of carbonyl (C=O) groups excluding carboxylic acids is 2. The Morgan fingerprint density at radius 2 is 1.49 bits per heavy atom. The zero-order chi connectivity index (χ0) is 28.0. The van der Waals surface area contributed by atoms with Gasteiger partial charge in [0.2, 0.25) is 5.91 Å². The highest BCUT2D eigenvalue weighted by Crippen LogP contribution is 2.28. The maximum atomic E-state index is 12.5. The molecule has 202 valence electrons. The highest BCUT2D eigenvalue weighted by atomic mass is 32.2. The van der Waals surface area contributed by atoms with E-state index in [-0.39, 0.29) is 17.9 Å². The molecule has 0 fully saturated rings. The highest BCUT2D eigenvalue weighted by molar-refractivity contribution is 7.90. The third-order valence-electron chi connectivity index (χ3n) is 6.35. The summed E-state index contributed by atoms with van der Waals surface area (Å²) in [6.45, 7) is 4.30. The highest BCUT2D eigenvalue weighted by Gasteiger charge is 2.18. The molecule has 0 atom stereocenters. The molecule has 0 aliphatic carbocycles. The van der Waals surface area contributed by atoms with Crippen LogP contribution in [0.1, 0.15) is 28.9 Å². The minimum atomic E-state index is -4.03. The molecule has 0 radical (unpaired) electrons. The maximum absolute atomic E-state index is 12.5. The summed E-state index contributed by atoms with van der Waals surface area (Å²) in [5.41, 5.74) is 12.1. The Bertz CT molecular complexity index is 1560. The molecule has 0 bridgehead atoms. The summed E-state index contributed by atoms with van der Waals surface area (Å²) in [4.78, 5) is 23.1. The van der Waals surface area contributed by atoms with Crippen LogP contribution in [0.5, 0.6) is 0 Å². The minimum Gasteiger partial charge on any atom is -0.370 e. The maximum Gasteiger partial charge on any atom is 0.328 e. The summed E-state index contributed by atoms with van der Waals surface area (Å²) in [7, 11) is -4.03. The Labute approximate surface area is 228 Å². The molecular weight excluding hydrogens is 514 g/mol. The van der Waals surface area contributed by atoms with Crippen LogP contribution < -0.4 is 15.8 Å². The molecule has 9 nitrogen and oxygen atoms in total. The fourth-order valence-corrected chi connectivity index (χ4v) is 5.29. The van der Waals surface area contributed by atoms with E-state index in [0.717, 1.165) is 39.3 Å². The number of nitrogens with one attached hydrogen (secondary N) is 2. The third-order valence-corrected chi connectivity index (χ3v) is 7.70. The zero-order valence-corrected chi connectivity index (χ0v) is 22.7. The SMILES string of the molecule is Cc1nn(-c2ccc(CCNC(=O)NS(=O)(=O)c3ccc(CCC(N)=O)cc3)cc2)c(C)c1-c1ccccc1. The largest absolute Gasteiger partial charge is 0.370 e. The Morgan fingerprint density at radius 3 is 2.13 bits per heavy atom. The zero-order valence-electron chi connectivity index (χ0n) is 21.8. The molecular formula is C29H31N5O4S. The van der Waals surface area contributed by atoms with E-state index < -0.39 is 22.0 Å². The lowest BCUT2D eigenvalue weighted by atomic mass is 10.0. The van der Waals surface area contributed by atoms with Crippen LogP contribution >= 0.6 is 0 Å². The second-order valence-corrected chi connectivity index (χ2v) is 10.9. The van der Waals surface area contributed by atoms with E-state index in [4.69, 9.17) is 10.8 Å². The number of nitrogens with two attached hydrogens (primary N) is 1.